The Kier molecular flexibility index (Phi) is 4.55. The number of hydrogen-bond donors (Lipinski definition) is 0. The summed E-state index contributed by atoms with van der Waals surface area (Å²) in [7, 11) is 0. The molecule has 0 aliphatic rings. The molecule has 0 radical (unpaired) electrons. The van der Waals surface area contributed by atoms with Crippen molar-refractivity contribution >= 4 is 28.9 Å². The Morgan fingerprint density at radius 3 is 2.89 bits per heavy atom. The summed E-state index contributed by atoms with van der Waals surface area (Å²) in [6, 6.07) is 8.22. The molecular weight excluding hydrogens is 262 g/mol. The number of aromatic nitrogens is 1. The van der Waals surface area contributed by atoms with E-state index in [1.807, 2.05) is 24.4 Å². The molecule has 94 valence electrons. The third-order valence-electron chi connectivity index (χ3n) is 2.40. The van der Waals surface area contributed by atoms with E-state index >= 15 is 0 Å². The summed E-state index contributed by atoms with van der Waals surface area (Å²) in [5, 5.41) is 2.90. The van der Waals surface area contributed by atoms with Gasteiger partial charge in [-0.1, -0.05) is 17.7 Å². The number of aryl methyl sites for hydroxylation is 2. The maximum Gasteiger partial charge on any atom is 0.149 e. The Hall–Kier alpha value is -1.13. The number of rotatable bonds is 5. The number of Topliss-reactive ketones (excluding diaryl/α,β-unsaturated/α-hetero) is 1. The molecule has 4 heteroatoms. The maximum atomic E-state index is 11.8. The first-order chi connectivity index (χ1) is 8.63. The SMILES string of the molecule is Cc1cccc(SCC(=O)Cc2nc(C)cs2)c1. The molecule has 2 aromatic rings. The number of benzene rings is 1. The number of thiazole rings is 1. The van der Waals surface area contributed by atoms with Crippen molar-refractivity contribution in [2.24, 2.45) is 0 Å². The first-order valence-corrected chi connectivity index (χ1v) is 7.62. The van der Waals surface area contributed by atoms with Crippen LogP contribution in [0.15, 0.2) is 34.5 Å². The molecule has 1 heterocycles. The monoisotopic (exact) mass is 277 g/mol. The first kappa shape index (κ1) is 13.3. The molecule has 0 atom stereocenters. The van der Waals surface area contributed by atoms with Gasteiger partial charge in [-0.15, -0.1) is 23.1 Å². The molecule has 18 heavy (non-hydrogen) atoms. The predicted molar refractivity (Wildman–Crippen MR) is 77.5 cm³/mol. The van der Waals surface area contributed by atoms with Crippen molar-refractivity contribution < 1.29 is 4.79 Å². The number of carbonyl (C=O) groups excluding carboxylic acids is 1. The second kappa shape index (κ2) is 6.16. The minimum atomic E-state index is 0.232. The summed E-state index contributed by atoms with van der Waals surface area (Å²) in [6.07, 6.45) is 0.456. The van der Waals surface area contributed by atoms with Crippen LogP contribution < -0.4 is 0 Å². The highest BCUT2D eigenvalue weighted by Gasteiger charge is 2.07. The van der Waals surface area contributed by atoms with Gasteiger partial charge in [0.25, 0.3) is 0 Å². The number of hydrogen-bond acceptors (Lipinski definition) is 4. The van der Waals surface area contributed by atoms with Crippen LogP contribution in [-0.4, -0.2) is 16.5 Å². The molecule has 2 nitrogen and oxygen atoms in total. The van der Waals surface area contributed by atoms with Crippen LogP contribution in [0, 0.1) is 13.8 Å². The lowest BCUT2D eigenvalue weighted by molar-refractivity contribution is -0.116. The van der Waals surface area contributed by atoms with Gasteiger partial charge in [0.05, 0.1) is 12.2 Å². The number of thioether (sulfide) groups is 1. The van der Waals surface area contributed by atoms with Crippen LogP contribution >= 0.6 is 23.1 Å². The zero-order chi connectivity index (χ0) is 13.0. The minimum absolute atomic E-state index is 0.232. The summed E-state index contributed by atoms with van der Waals surface area (Å²) >= 11 is 3.16. The highest BCUT2D eigenvalue weighted by atomic mass is 32.2. The van der Waals surface area contributed by atoms with Crippen LogP contribution in [0.25, 0.3) is 0 Å². The fourth-order valence-corrected chi connectivity index (χ4v) is 3.25. The van der Waals surface area contributed by atoms with Crippen LogP contribution in [0.5, 0.6) is 0 Å². The van der Waals surface area contributed by atoms with E-state index in [-0.39, 0.29) is 5.78 Å². The fraction of sp³-hybridized carbons (Fsp3) is 0.286. The van der Waals surface area contributed by atoms with Gasteiger partial charge < -0.3 is 0 Å². The highest BCUT2D eigenvalue weighted by molar-refractivity contribution is 8.00. The average Bonchev–Trinajstić information content (AvgIpc) is 2.72. The Bertz CT molecular complexity index is 548. The summed E-state index contributed by atoms with van der Waals surface area (Å²) in [6.45, 7) is 4.01. The molecule has 1 aromatic heterocycles. The van der Waals surface area contributed by atoms with Gasteiger partial charge in [-0.25, -0.2) is 4.98 Å². The molecular formula is C14H15NOS2. The lowest BCUT2D eigenvalue weighted by Crippen LogP contribution is -2.05. The zero-order valence-corrected chi connectivity index (χ0v) is 12.1. The van der Waals surface area contributed by atoms with E-state index in [1.165, 1.54) is 5.56 Å². The summed E-state index contributed by atoms with van der Waals surface area (Å²) in [4.78, 5) is 17.3. The van der Waals surface area contributed by atoms with Gasteiger partial charge in [0.1, 0.15) is 10.8 Å². The Labute approximate surface area is 115 Å². The van der Waals surface area contributed by atoms with E-state index in [0.717, 1.165) is 15.6 Å². The summed E-state index contributed by atoms with van der Waals surface area (Å²) in [5.41, 5.74) is 2.22. The molecule has 0 aliphatic heterocycles. The van der Waals surface area contributed by atoms with Crippen molar-refractivity contribution in [1.29, 1.82) is 0 Å². The van der Waals surface area contributed by atoms with E-state index in [4.69, 9.17) is 0 Å². The van der Waals surface area contributed by atoms with Crippen LogP contribution in [0.4, 0.5) is 0 Å². The maximum absolute atomic E-state index is 11.8. The van der Waals surface area contributed by atoms with Crippen LogP contribution in [0.2, 0.25) is 0 Å². The third-order valence-corrected chi connectivity index (χ3v) is 4.42. The van der Waals surface area contributed by atoms with E-state index < -0.39 is 0 Å². The Morgan fingerprint density at radius 2 is 2.22 bits per heavy atom. The standard InChI is InChI=1S/C14H15NOS2/c1-10-4-3-5-13(6-10)17-9-12(16)7-14-15-11(2)8-18-14/h3-6,8H,7,9H2,1-2H3. The van der Waals surface area contributed by atoms with Gasteiger partial charge in [-0.2, -0.15) is 0 Å². The van der Waals surface area contributed by atoms with Crippen molar-refractivity contribution in [2.75, 3.05) is 5.75 Å². The van der Waals surface area contributed by atoms with Gasteiger partial charge in [0, 0.05) is 16.0 Å². The number of ketones is 1. The minimum Gasteiger partial charge on any atom is -0.298 e. The molecule has 0 N–H and O–H groups in total. The van der Waals surface area contributed by atoms with Crippen LogP contribution in [-0.2, 0) is 11.2 Å². The first-order valence-electron chi connectivity index (χ1n) is 5.75. The summed E-state index contributed by atoms with van der Waals surface area (Å²) < 4.78 is 0. The average molecular weight is 277 g/mol. The molecule has 0 saturated heterocycles. The van der Waals surface area contributed by atoms with Crippen LogP contribution in [0.3, 0.4) is 0 Å². The number of carbonyl (C=O) groups is 1. The highest BCUT2D eigenvalue weighted by Crippen LogP contribution is 2.19. The van der Waals surface area contributed by atoms with Crippen molar-refractivity contribution in [1.82, 2.24) is 4.98 Å². The molecule has 0 spiro atoms. The van der Waals surface area contributed by atoms with Gasteiger partial charge in [-0.3, -0.25) is 4.79 Å². The van der Waals surface area contributed by atoms with Crippen molar-refractivity contribution in [3.8, 4) is 0 Å². The smallest absolute Gasteiger partial charge is 0.149 e. The van der Waals surface area contributed by atoms with Crippen molar-refractivity contribution in [3.05, 3.63) is 45.9 Å². The molecule has 0 saturated carbocycles. The van der Waals surface area contributed by atoms with Gasteiger partial charge in [0.2, 0.25) is 0 Å². The molecule has 0 unspecified atom stereocenters. The van der Waals surface area contributed by atoms with E-state index in [0.29, 0.717) is 12.2 Å². The lowest BCUT2D eigenvalue weighted by Gasteiger charge is -2.01. The fourth-order valence-electron chi connectivity index (χ4n) is 1.57. The normalized spacial score (nSPS) is 10.6. The Morgan fingerprint density at radius 1 is 1.39 bits per heavy atom. The molecule has 0 fully saturated rings. The quantitative estimate of drug-likeness (QED) is 0.781. The molecule has 0 bridgehead atoms. The molecule has 1 aromatic carbocycles. The van der Waals surface area contributed by atoms with E-state index in [1.54, 1.807) is 23.1 Å². The second-order valence-electron chi connectivity index (χ2n) is 4.20. The molecule has 2 rings (SSSR count). The zero-order valence-electron chi connectivity index (χ0n) is 10.5. The molecule has 0 amide bonds. The molecule has 0 aliphatic carbocycles. The van der Waals surface area contributed by atoms with E-state index in [2.05, 4.69) is 24.0 Å². The lowest BCUT2D eigenvalue weighted by atomic mass is 10.2. The van der Waals surface area contributed by atoms with Crippen molar-refractivity contribution in [3.63, 3.8) is 0 Å². The predicted octanol–water partition coefficient (Wildman–Crippen LogP) is 3.66. The second-order valence-corrected chi connectivity index (χ2v) is 6.19. The van der Waals surface area contributed by atoms with Gasteiger partial charge in [-0.05, 0) is 26.0 Å². The third kappa shape index (κ3) is 3.96. The topological polar surface area (TPSA) is 30.0 Å². The Balaban J connectivity index is 1.85. The largest absolute Gasteiger partial charge is 0.298 e. The number of nitrogens with zero attached hydrogens (tertiary/aromatic N) is 1. The van der Waals surface area contributed by atoms with Gasteiger partial charge >= 0.3 is 0 Å². The van der Waals surface area contributed by atoms with Gasteiger partial charge in [0.15, 0.2) is 0 Å². The van der Waals surface area contributed by atoms with Crippen molar-refractivity contribution in [2.45, 2.75) is 25.2 Å². The van der Waals surface area contributed by atoms with Crippen LogP contribution in [0.1, 0.15) is 16.3 Å². The summed E-state index contributed by atoms with van der Waals surface area (Å²) in [5.74, 6) is 0.748. The van der Waals surface area contributed by atoms with E-state index in [9.17, 15) is 4.79 Å².